The molecule has 3 aliphatic rings. The number of amides is 1. The van der Waals surface area contributed by atoms with Gasteiger partial charge in [-0.2, -0.15) is 0 Å². The summed E-state index contributed by atoms with van der Waals surface area (Å²) >= 11 is 3.56. The number of nitro benzene ring substituents is 1. The molecule has 2 fully saturated rings. The molecule has 0 N–H and O–H groups in total. The fourth-order valence-corrected chi connectivity index (χ4v) is 6.89. The number of hydrogen-bond acceptors (Lipinski definition) is 9. The van der Waals surface area contributed by atoms with Crippen molar-refractivity contribution in [1.29, 1.82) is 0 Å². The molecule has 12 heteroatoms. The van der Waals surface area contributed by atoms with Gasteiger partial charge in [0.25, 0.3) is 5.69 Å². The van der Waals surface area contributed by atoms with E-state index in [1.807, 2.05) is 32.9 Å². The van der Waals surface area contributed by atoms with Crippen LogP contribution in [0.4, 0.5) is 5.69 Å². The smallest absolute Gasteiger partial charge is 0.315 e. The van der Waals surface area contributed by atoms with Crippen LogP contribution in [0.15, 0.2) is 51.9 Å². The van der Waals surface area contributed by atoms with Gasteiger partial charge in [-0.05, 0) is 80.4 Å². The Morgan fingerprint density at radius 2 is 1.85 bits per heavy atom. The number of carbonyl (C=O) groups is 2. The normalized spacial score (nSPS) is 28.5. The summed E-state index contributed by atoms with van der Waals surface area (Å²) in [6, 6.07) is 10.6. The van der Waals surface area contributed by atoms with E-state index in [4.69, 9.17) is 23.9 Å². The Morgan fingerprint density at radius 3 is 2.39 bits per heavy atom. The Morgan fingerprint density at radius 1 is 1.17 bits per heavy atom. The molecule has 2 bridgehead atoms. The summed E-state index contributed by atoms with van der Waals surface area (Å²) in [7, 11) is 1.56. The van der Waals surface area contributed by atoms with Crippen LogP contribution < -0.4 is 4.74 Å². The van der Waals surface area contributed by atoms with E-state index in [0.717, 1.165) is 0 Å². The lowest BCUT2D eigenvalue weighted by Crippen LogP contribution is -2.54. The summed E-state index contributed by atoms with van der Waals surface area (Å²) < 4.78 is 24.7. The number of non-ortho nitro benzene ring substituents is 1. The van der Waals surface area contributed by atoms with Crippen LogP contribution in [0.5, 0.6) is 5.75 Å². The van der Waals surface area contributed by atoms with Crippen LogP contribution in [-0.2, 0) is 23.8 Å². The molecule has 41 heavy (non-hydrogen) atoms. The number of nitro groups is 1. The van der Waals surface area contributed by atoms with Crippen LogP contribution in [0.1, 0.15) is 51.8 Å². The Bertz CT molecular complexity index is 1440. The zero-order valence-corrected chi connectivity index (χ0v) is 25.3. The van der Waals surface area contributed by atoms with Gasteiger partial charge in [-0.1, -0.05) is 6.07 Å². The lowest BCUT2D eigenvalue weighted by molar-refractivity contribution is -0.384. The largest absolute Gasteiger partial charge is 0.496 e. The number of methoxy groups -OCH3 is 1. The first-order valence-electron chi connectivity index (χ1n) is 13.4. The highest BCUT2D eigenvalue weighted by Crippen LogP contribution is 2.66. The quantitative estimate of drug-likeness (QED) is 0.231. The summed E-state index contributed by atoms with van der Waals surface area (Å²) in [6.07, 6.45) is 0. The molecule has 2 aromatic carbocycles. The van der Waals surface area contributed by atoms with Gasteiger partial charge >= 0.3 is 5.97 Å². The zero-order valence-electron chi connectivity index (χ0n) is 23.7. The summed E-state index contributed by atoms with van der Waals surface area (Å²) in [5.74, 6) is -4.30. The van der Waals surface area contributed by atoms with Gasteiger partial charge in [0.15, 0.2) is 5.72 Å². The van der Waals surface area contributed by atoms with Gasteiger partial charge in [0, 0.05) is 29.8 Å². The molecule has 2 saturated heterocycles. The Labute approximate surface area is 246 Å². The SMILES string of the molecule is CCOC(=O)[C@@H]1[C@H]2C(=O)N(C(C)(C)C)[C@H](c3ccc(OC)c(Br)c3)[C@]23N=C(c2ccc([N+](=O)[O-])cc2)[C@]1(OCC)O3. The highest BCUT2D eigenvalue weighted by atomic mass is 79.9. The second-order valence-electron chi connectivity index (χ2n) is 11.1. The highest BCUT2D eigenvalue weighted by molar-refractivity contribution is 9.10. The van der Waals surface area contributed by atoms with Crippen LogP contribution in [0.25, 0.3) is 0 Å². The second-order valence-corrected chi connectivity index (χ2v) is 12.0. The molecule has 0 unspecified atom stereocenters. The summed E-state index contributed by atoms with van der Waals surface area (Å²) in [5.41, 5.74) is -0.864. The molecular weight excluding hydrogens is 598 g/mol. The van der Waals surface area contributed by atoms with Gasteiger partial charge < -0.3 is 23.8 Å². The Hall–Kier alpha value is -3.35. The molecule has 0 aliphatic carbocycles. The van der Waals surface area contributed by atoms with Crippen molar-refractivity contribution in [2.45, 2.75) is 57.7 Å². The van der Waals surface area contributed by atoms with Crippen molar-refractivity contribution in [2.75, 3.05) is 20.3 Å². The zero-order chi connectivity index (χ0) is 29.9. The minimum atomic E-state index is -1.75. The molecule has 0 radical (unpaired) electrons. The van der Waals surface area contributed by atoms with Gasteiger partial charge in [0.1, 0.15) is 29.3 Å². The first kappa shape index (κ1) is 29.2. The molecule has 0 saturated carbocycles. The van der Waals surface area contributed by atoms with E-state index in [9.17, 15) is 19.7 Å². The molecule has 5 atom stereocenters. The lowest BCUT2D eigenvalue weighted by atomic mass is 9.75. The number of carbonyl (C=O) groups excluding carboxylic acids is 2. The van der Waals surface area contributed by atoms with Crippen molar-refractivity contribution in [3.8, 4) is 5.75 Å². The van der Waals surface area contributed by atoms with Crippen molar-refractivity contribution in [1.82, 2.24) is 4.90 Å². The third kappa shape index (κ3) is 4.26. The number of aliphatic imine (C=N–C) groups is 1. The van der Waals surface area contributed by atoms with Crippen molar-refractivity contribution >= 4 is 39.2 Å². The maximum Gasteiger partial charge on any atom is 0.315 e. The molecular formula is C29H32BrN3O8. The molecule has 0 aromatic heterocycles. The van der Waals surface area contributed by atoms with Crippen molar-refractivity contribution in [3.63, 3.8) is 0 Å². The number of halogens is 1. The van der Waals surface area contributed by atoms with E-state index in [1.165, 1.54) is 12.1 Å². The van der Waals surface area contributed by atoms with Crippen LogP contribution in [-0.4, -0.2) is 64.8 Å². The number of rotatable bonds is 8. The minimum Gasteiger partial charge on any atom is -0.496 e. The Balaban J connectivity index is 1.80. The van der Waals surface area contributed by atoms with Crippen molar-refractivity contribution in [3.05, 3.63) is 68.2 Å². The number of likely N-dealkylation sites (tertiary alicyclic amines) is 1. The third-order valence-corrected chi connectivity index (χ3v) is 8.36. The molecule has 2 aromatic rings. The van der Waals surface area contributed by atoms with E-state index < -0.39 is 45.8 Å². The van der Waals surface area contributed by atoms with E-state index in [1.54, 1.807) is 44.1 Å². The maximum atomic E-state index is 14.4. The number of fused-ring (bicyclic) bond motifs is 1. The molecule has 5 rings (SSSR count). The number of hydrogen-bond donors (Lipinski definition) is 0. The average Bonchev–Trinajstić information content (AvgIpc) is 3.49. The van der Waals surface area contributed by atoms with Gasteiger partial charge in [0.05, 0.1) is 23.1 Å². The molecule has 1 spiro atoms. The Kier molecular flexibility index (Phi) is 7.24. The summed E-state index contributed by atoms with van der Waals surface area (Å²) in [4.78, 5) is 45.8. The first-order valence-corrected chi connectivity index (χ1v) is 14.2. The van der Waals surface area contributed by atoms with Crippen molar-refractivity contribution < 1.29 is 33.5 Å². The van der Waals surface area contributed by atoms with Gasteiger partial charge in [-0.25, -0.2) is 4.99 Å². The number of ether oxygens (including phenoxy) is 4. The lowest BCUT2D eigenvalue weighted by Gasteiger charge is -2.41. The fraction of sp³-hybridized carbons (Fsp3) is 0.483. The van der Waals surface area contributed by atoms with E-state index >= 15 is 0 Å². The predicted molar refractivity (Wildman–Crippen MR) is 151 cm³/mol. The van der Waals surface area contributed by atoms with E-state index in [2.05, 4.69) is 15.9 Å². The summed E-state index contributed by atoms with van der Waals surface area (Å²) in [5, 5.41) is 11.3. The monoisotopic (exact) mass is 629 g/mol. The van der Waals surface area contributed by atoms with E-state index in [-0.39, 0.29) is 30.5 Å². The number of benzene rings is 2. The molecule has 1 amide bonds. The standard InChI is InChI=1S/C29H32BrN3O8/c1-7-39-26(35)22-21-25(34)32(27(3,4)5)24(17-11-14-20(38-6)19(30)15-17)28(21)31-23(29(22,41-28)40-8-2)16-9-12-18(13-10-16)33(36)37/h9-15,21-22,24H,7-8H2,1-6H3/t21-,22-,24+,28-,29+/m0/s1. The summed E-state index contributed by atoms with van der Waals surface area (Å²) in [6.45, 7) is 9.43. The molecule has 3 aliphatic heterocycles. The molecule has 11 nitrogen and oxygen atoms in total. The fourth-order valence-electron chi connectivity index (χ4n) is 6.33. The van der Waals surface area contributed by atoms with Crippen molar-refractivity contribution in [2.24, 2.45) is 16.8 Å². The van der Waals surface area contributed by atoms with Crippen LogP contribution in [0, 0.1) is 22.0 Å². The number of esters is 1. The van der Waals surface area contributed by atoms with Crippen LogP contribution in [0.3, 0.4) is 0 Å². The van der Waals surface area contributed by atoms with Crippen LogP contribution in [0.2, 0.25) is 0 Å². The second kappa shape index (κ2) is 10.2. The predicted octanol–water partition coefficient (Wildman–Crippen LogP) is 4.81. The van der Waals surface area contributed by atoms with E-state index in [0.29, 0.717) is 21.3 Å². The van der Waals surface area contributed by atoms with Gasteiger partial charge in [-0.3, -0.25) is 19.7 Å². The van der Waals surface area contributed by atoms with Gasteiger partial charge in [-0.15, -0.1) is 0 Å². The topological polar surface area (TPSA) is 130 Å². The molecule has 3 heterocycles. The highest BCUT2D eigenvalue weighted by Gasteiger charge is 2.82. The van der Waals surface area contributed by atoms with Gasteiger partial charge in [0.2, 0.25) is 11.7 Å². The molecule has 218 valence electrons. The number of nitrogens with zero attached hydrogens (tertiary/aromatic N) is 3. The first-order chi connectivity index (χ1) is 19.4. The maximum absolute atomic E-state index is 14.4. The minimum absolute atomic E-state index is 0.0906. The average molecular weight is 630 g/mol. The third-order valence-electron chi connectivity index (χ3n) is 7.74. The van der Waals surface area contributed by atoms with Crippen LogP contribution >= 0.6 is 15.9 Å².